The Morgan fingerprint density at radius 2 is 2.15 bits per heavy atom. The first-order valence-electron chi connectivity index (χ1n) is 7.45. The topological polar surface area (TPSA) is 46.9 Å². The van der Waals surface area contributed by atoms with E-state index in [0.29, 0.717) is 6.04 Å². The van der Waals surface area contributed by atoms with Crippen molar-refractivity contribution in [2.45, 2.75) is 52.1 Å². The summed E-state index contributed by atoms with van der Waals surface area (Å²) < 4.78 is 2.03. The number of anilines is 1. The zero-order chi connectivity index (χ0) is 14.1. The lowest BCUT2D eigenvalue weighted by atomic mass is 10.2. The summed E-state index contributed by atoms with van der Waals surface area (Å²) in [6.45, 7) is 4.75. The highest BCUT2D eigenvalue weighted by molar-refractivity contribution is 5.79. The van der Waals surface area contributed by atoms with Crippen molar-refractivity contribution in [1.29, 1.82) is 0 Å². The predicted molar refractivity (Wildman–Crippen MR) is 82.3 cm³/mol. The summed E-state index contributed by atoms with van der Waals surface area (Å²) in [7, 11) is 0. The number of aryl methyl sites for hydroxylation is 2. The Morgan fingerprint density at radius 3 is 2.85 bits per heavy atom. The Morgan fingerprint density at radius 1 is 1.40 bits per heavy atom. The van der Waals surface area contributed by atoms with Crippen LogP contribution in [0.15, 0.2) is 23.3 Å². The van der Waals surface area contributed by atoms with Gasteiger partial charge in [0.25, 0.3) is 0 Å². The average molecular weight is 271 g/mol. The van der Waals surface area contributed by atoms with Gasteiger partial charge in [-0.1, -0.05) is 12.8 Å². The monoisotopic (exact) mass is 271 g/mol. The van der Waals surface area contributed by atoms with Crippen LogP contribution in [0.5, 0.6) is 0 Å². The quantitative estimate of drug-likeness (QED) is 0.933. The minimum atomic E-state index is 0.0901. The first kappa shape index (κ1) is 13.2. The highest BCUT2D eigenvalue weighted by Crippen LogP contribution is 2.23. The van der Waals surface area contributed by atoms with Gasteiger partial charge in [-0.25, -0.2) is 4.98 Å². The fraction of sp³-hybridized carbons (Fsp3) is 0.500. The van der Waals surface area contributed by atoms with E-state index < -0.39 is 0 Å². The van der Waals surface area contributed by atoms with Crippen molar-refractivity contribution in [2.75, 3.05) is 5.32 Å². The smallest absolute Gasteiger partial charge is 0.193 e. The summed E-state index contributed by atoms with van der Waals surface area (Å²) in [6, 6.07) is 2.50. The van der Waals surface area contributed by atoms with Gasteiger partial charge in [0, 0.05) is 24.3 Å². The van der Waals surface area contributed by atoms with Gasteiger partial charge in [-0.05, 0) is 32.8 Å². The maximum atomic E-state index is 12.3. The summed E-state index contributed by atoms with van der Waals surface area (Å²) in [5.74, 6) is 0. The second-order valence-corrected chi connectivity index (χ2v) is 5.65. The normalized spacial score (nSPS) is 15.9. The second-order valence-electron chi connectivity index (χ2n) is 5.65. The van der Waals surface area contributed by atoms with Crippen LogP contribution < -0.4 is 10.7 Å². The standard InChI is InChI=1S/C16H21N3O/c1-3-19-10-11(2)15(20)14-8-13(9-17-16(14)19)18-12-6-4-5-7-12/h8-10,12,18H,3-7H2,1-2H3. The Bertz CT molecular complexity index is 684. The molecule has 2 aromatic rings. The molecule has 1 aliphatic carbocycles. The number of aromatic nitrogens is 2. The van der Waals surface area contributed by atoms with Crippen molar-refractivity contribution in [1.82, 2.24) is 9.55 Å². The summed E-state index contributed by atoms with van der Waals surface area (Å²) in [6.07, 6.45) is 8.75. The Balaban J connectivity index is 2.05. The van der Waals surface area contributed by atoms with Crippen LogP contribution >= 0.6 is 0 Å². The molecule has 1 saturated carbocycles. The minimum absolute atomic E-state index is 0.0901. The number of hydrogen-bond donors (Lipinski definition) is 1. The third kappa shape index (κ3) is 2.30. The molecule has 106 valence electrons. The van der Waals surface area contributed by atoms with Gasteiger partial charge in [0.05, 0.1) is 17.3 Å². The zero-order valence-corrected chi connectivity index (χ0v) is 12.1. The van der Waals surface area contributed by atoms with E-state index in [1.807, 2.05) is 30.0 Å². The van der Waals surface area contributed by atoms with Gasteiger partial charge in [0.2, 0.25) is 0 Å². The van der Waals surface area contributed by atoms with Crippen LogP contribution in [-0.4, -0.2) is 15.6 Å². The van der Waals surface area contributed by atoms with Gasteiger partial charge in [0.1, 0.15) is 5.65 Å². The van der Waals surface area contributed by atoms with Crippen LogP contribution in [0.4, 0.5) is 5.69 Å². The van der Waals surface area contributed by atoms with Crippen molar-refractivity contribution in [3.8, 4) is 0 Å². The molecule has 1 N–H and O–H groups in total. The molecular weight excluding hydrogens is 250 g/mol. The number of nitrogens with zero attached hydrogens (tertiary/aromatic N) is 2. The molecule has 0 aliphatic heterocycles. The van der Waals surface area contributed by atoms with E-state index in [0.717, 1.165) is 28.8 Å². The molecule has 0 saturated heterocycles. The van der Waals surface area contributed by atoms with Gasteiger partial charge >= 0.3 is 0 Å². The van der Waals surface area contributed by atoms with Gasteiger partial charge in [0.15, 0.2) is 5.43 Å². The second kappa shape index (κ2) is 5.27. The molecule has 3 rings (SSSR count). The van der Waals surface area contributed by atoms with Crippen LogP contribution in [0, 0.1) is 6.92 Å². The first-order valence-corrected chi connectivity index (χ1v) is 7.45. The molecular formula is C16H21N3O. The lowest BCUT2D eigenvalue weighted by Crippen LogP contribution is -2.17. The molecule has 1 fully saturated rings. The van der Waals surface area contributed by atoms with Gasteiger partial charge in [-0.15, -0.1) is 0 Å². The summed E-state index contributed by atoms with van der Waals surface area (Å²) in [5, 5.41) is 4.22. The van der Waals surface area contributed by atoms with Crippen LogP contribution in [-0.2, 0) is 6.54 Å². The van der Waals surface area contributed by atoms with Crippen molar-refractivity contribution < 1.29 is 0 Å². The summed E-state index contributed by atoms with van der Waals surface area (Å²) in [4.78, 5) is 16.8. The van der Waals surface area contributed by atoms with E-state index in [4.69, 9.17) is 0 Å². The Kier molecular flexibility index (Phi) is 3.47. The molecule has 0 amide bonds. The molecule has 0 bridgehead atoms. The van der Waals surface area contributed by atoms with E-state index in [9.17, 15) is 4.79 Å². The molecule has 2 aromatic heterocycles. The lowest BCUT2D eigenvalue weighted by Gasteiger charge is -2.15. The average Bonchev–Trinajstić information content (AvgIpc) is 2.96. The molecule has 0 unspecified atom stereocenters. The molecule has 0 radical (unpaired) electrons. The van der Waals surface area contributed by atoms with Crippen LogP contribution in [0.25, 0.3) is 11.0 Å². The van der Waals surface area contributed by atoms with Gasteiger partial charge in [-0.2, -0.15) is 0 Å². The zero-order valence-electron chi connectivity index (χ0n) is 12.1. The molecule has 0 atom stereocenters. The van der Waals surface area contributed by atoms with Crippen LogP contribution in [0.1, 0.15) is 38.2 Å². The van der Waals surface area contributed by atoms with Crippen LogP contribution in [0.3, 0.4) is 0 Å². The van der Waals surface area contributed by atoms with Crippen LogP contribution in [0.2, 0.25) is 0 Å². The molecule has 20 heavy (non-hydrogen) atoms. The number of rotatable bonds is 3. The summed E-state index contributed by atoms with van der Waals surface area (Å²) >= 11 is 0. The first-order chi connectivity index (χ1) is 9.69. The lowest BCUT2D eigenvalue weighted by molar-refractivity contribution is 0.753. The minimum Gasteiger partial charge on any atom is -0.381 e. The van der Waals surface area contributed by atoms with Crippen molar-refractivity contribution in [2.24, 2.45) is 0 Å². The fourth-order valence-corrected chi connectivity index (χ4v) is 3.05. The van der Waals surface area contributed by atoms with E-state index >= 15 is 0 Å². The number of pyridine rings is 2. The third-order valence-electron chi connectivity index (χ3n) is 4.16. The highest BCUT2D eigenvalue weighted by Gasteiger charge is 2.15. The molecule has 0 spiro atoms. The van der Waals surface area contributed by atoms with E-state index in [2.05, 4.69) is 17.2 Å². The highest BCUT2D eigenvalue weighted by atomic mass is 16.1. The number of hydrogen-bond acceptors (Lipinski definition) is 3. The van der Waals surface area contributed by atoms with Gasteiger partial charge in [-0.3, -0.25) is 4.79 Å². The Hall–Kier alpha value is -1.84. The number of fused-ring (bicyclic) bond motifs is 1. The molecule has 0 aromatic carbocycles. The Labute approximate surface area is 118 Å². The van der Waals surface area contributed by atoms with E-state index in [1.54, 1.807) is 0 Å². The van der Waals surface area contributed by atoms with Crippen molar-refractivity contribution in [3.05, 3.63) is 34.2 Å². The molecule has 4 nitrogen and oxygen atoms in total. The third-order valence-corrected chi connectivity index (χ3v) is 4.16. The molecule has 2 heterocycles. The van der Waals surface area contributed by atoms with E-state index in [-0.39, 0.29) is 5.43 Å². The molecule has 4 heteroatoms. The van der Waals surface area contributed by atoms with Gasteiger partial charge < -0.3 is 9.88 Å². The number of nitrogens with one attached hydrogen (secondary N) is 1. The maximum Gasteiger partial charge on any atom is 0.193 e. The predicted octanol–water partition coefficient (Wildman–Crippen LogP) is 3.08. The van der Waals surface area contributed by atoms with Crippen molar-refractivity contribution >= 4 is 16.7 Å². The van der Waals surface area contributed by atoms with Crippen molar-refractivity contribution in [3.63, 3.8) is 0 Å². The largest absolute Gasteiger partial charge is 0.381 e. The SMILES string of the molecule is CCn1cc(C)c(=O)c2cc(NC3CCCC3)cnc21. The molecule has 1 aliphatic rings. The van der Waals surface area contributed by atoms with E-state index in [1.165, 1.54) is 25.7 Å². The summed E-state index contributed by atoms with van der Waals surface area (Å²) in [5.41, 5.74) is 2.61. The maximum absolute atomic E-state index is 12.3. The fourth-order valence-electron chi connectivity index (χ4n) is 3.05.